The zero-order valence-corrected chi connectivity index (χ0v) is 73.1. The average molecular weight is 1640 g/mol. The topological polar surface area (TPSA) is 0 Å². The lowest BCUT2D eigenvalue weighted by Gasteiger charge is -2.24. The van der Waals surface area contributed by atoms with Crippen LogP contribution < -0.4 is 0 Å². The van der Waals surface area contributed by atoms with Gasteiger partial charge >= 0.3 is 0 Å². The third-order valence-corrected chi connectivity index (χ3v) is 29.5. The van der Waals surface area contributed by atoms with Crippen molar-refractivity contribution in [1.82, 2.24) is 0 Å². The Morgan fingerprint density at radius 3 is 0.736 bits per heavy atom. The van der Waals surface area contributed by atoms with Gasteiger partial charge in [-0.05, 0) is 281 Å². The molecule has 0 spiro atoms. The average Bonchev–Trinajstić information content (AvgIpc) is 1.57. The molecule has 3 aliphatic carbocycles. The Labute approximate surface area is 752 Å². The van der Waals surface area contributed by atoms with Crippen LogP contribution in [0, 0.1) is 0 Å². The van der Waals surface area contributed by atoms with Crippen LogP contribution in [0.4, 0.5) is 0 Å². The highest BCUT2D eigenvalue weighted by atomic mass is 14.4. The summed E-state index contributed by atoms with van der Waals surface area (Å²) in [6.45, 7) is 14.3. The van der Waals surface area contributed by atoms with Gasteiger partial charge in [0.1, 0.15) is 0 Å². The first-order valence-corrected chi connectivity index (χ1v) is 45.6. The third kappa shape index (κ3) is 11.5. The molecule has 0 aliphatic heterocycles. The van der Waals surface area contributed by atoms with Crippen molar-refractivity contribution in [3.8, 4) is 100 Å². The first kappa shape index (κ1) is 75.9. The Hall–Kier alpha value is -15.6. The van der Waals surface area contributed by atoms with Crippen LogP contribution in [0.5, 0.6) is 0 Å². The van der Waals surface area contributed by atoms with E-state index in [9.17, 15) is 0 Å². The lowest BCUT2D eigenvalue weighted by molar-refractivity contribution is 0.661. The van der Waals surface area contributed by atoms with E-state index < -0.39 is 0 Å². The summed E-state index contributed by atoms with van der Waals surface area (Å²) in [5, 5.41) is 31.2. The number of benzene rings is 24. The molecule has 0 nitrogen and oxygen atoms in total. The van der Waals surface area contributed by atoms with E-state index in [1.807, 2.05) is 0 Å². The summed E-state index contributed by atoms with van der Waals surface area (Å²) in [6.07, 6.45) is 0. The lowest BCUT2D eigenvalue weighted by atomic mass is 9.79. The molecule has 0 unspecified atom stereocenters. The molecule has 0 heteroatoms. The molecular weight excluding hydrogens is 1550 g/mol. The third-order valence-electron chi connectivity index (χ3n) is 29.5. The van der Waals surface area contributed by atoms with E-state index in [2.05, 4.69) is 478 Å². The van der Waals surface area contributed by atoms with Gasteiger partial charge in [0.05, 0.1) is 0 Å². The van der Waals surface area contributed by atoms with Crippen molar-refractivity contribution in [2.24, 2.45) is 0 Å². The minimum absolute atomic E-state index is 0.0631. The monoisotopic (exact) mass is 1640 g/mol. The molecule has 0 fully saturated rings. The molecular formula is C129H90. The summed E-state index contributed by atoms with van der Waals surface area (Å²) in [5.74, 6) is 0. The van der Waals surface area contributed by atoms with Crippen LogP contribution in [0.3, 0.4) is 0 Å². The summed E-state index contributed by atoms with van der Waals surface area (Å²) >= 11 is 0. The molecule has 27 rings (SSSR count). The molecule has 0 bridgehead atoms. The van der Waals surface area contributed by atoms with Crippen LogP contribution in [-0.4, -0.2) is 0 Å². The van der Waals surface area contributed by atoms with Crippen molar-refractivity contribution in [2.75, 3.05) is 0 Å². The van der Waals surface area contributed by atoms with Gasteiger partial charge in [-0.1, -0.05) is 460 Å². The van der Waals surface area contributed by atoms with Crippen molar-refractivity contribution in [2.45, 2.75) is 57.8 Å². The molecule has 0 atom stereocenters. The highest BCUT2D eigenvalue weighted by Crippen LogP contribution is 2.59. The molecule has 0 saturated heterocycles. The van der Waals surface area contributed by atoms with E-state index >= 15 is 0 Å². The molecule has 0 radical (unpaired) electrons. The Bertz CT molecular complexity index is 8720. The SMILES string of the molecule is CC1(C)c2cc(-c3c4ccccc4c(-c4cccc5ccccc45)c4ccccc34)ccc2-c2c1ccc1ccccc21.CC1(C)c2cc(-c3c4ccccc4c(-c4cccc5ccccc45)c4ccccc34)ccc2-c2ccc3ccccc3c21.CC1(C)c2ccc(-c3c4ccccc4c(-c4cccc5ccccc45)c4ccccc34)cc2-c2ccc3ccccc3c21. The fourth-order valence-corrected chi connectivity index (χ4v) is 23.7. The maximum absolute atomic E-state index is 2.48. The maximum Gasteiger partial charge on any atom is 0.0165 e. The van der Waals surface area contributed by atoms with E-state index in [4.69, 9.17) is 0 Å². The standard InChI is InChI=1S/3C43H30/c1-43(2)39-26-29(23-24-32(39)38-25-22-28-13-4-6-16-31(28)42(38)43)40-34-17-7-9-19-36(34)41(37-20-10-8-18-35(37)40)33-21-11-14-27-12-3-5-15-30(27)33;1-43(2)38-25-23-28-13-4-6-16-31(28)42(38)37-24-22-29(26-39(37)43)40-33-17-7-9-19-35(33)41(36-20-10-8-18-34(36)40)32-21-11-14-27-12-3-5-15-30(27)32;1-43(2)39-25-23-29(26-38(39)37-24-22-28-13-4-6-16-31(28)42(37)43)40-33-17-7-9-19-35(33)41(36-20-10-8-18-34(36)40)32-21-11-14-27-12-3-5-15-30(27)32/h3*3-26H,1-2H3. The fourth-order valence-electron chi connectivity index (χ4n) is 23.7. The summed E-state index contributed by atoms with van der Waals surface area (Å²) in [7, 11) is 0. The molecule has 24 aromatic carbocycles. The molecule has 0 saturated carbocycles. The van der Waals surface area contributed by atoms with Gasteiger partial charge in [0.25, 0.3) is 0 Å². The molecule has 0 aromatic heterocycles. The van der Waals surface area contributed by atoms with Crippen molar-refractivity contribution in [3.63, 3.8) is 0 Å². The van der Waals surface area contributed by atoms with Crippen molar-refractivity contribution < 1.29 is 0 Å². The van der Waals surface area contributed by atoms with Crippen LogP contribution in [-0.2, 0) is 16.2 Å². The predicted molar refractivity (Wildman–Crippen MR) is 555 cm³/mol. The Morgan fingerprint density at radius 2 is 0.364 bits per heavy atom. The van der Waals surface area contributed by atoms with Crippen molar-refractivity contribution >= 4 is 129 Å². The number of hydrogen-bond acceptors (Lipinski definition) is 0. The molecule has 606 valence electrons. The van der Waals surface area contributed by atoms with Crippen LogP contribution in [0.2, 0.25) is 0 Å². The van der Waals surface area contributed by atoms with Gasteiger partial charge in [-0.2, -0.15) is 0 Å². The fraction of sp³-hybridized carbons (Fsp3) is 0.0698. The van der Waals surface area contributed by atoms with E-state index in [1.165, 1.54) is 263 Å². The smallest absolute Gasteiger partial charge is 0.0165 e. The summed E-state index contributed by atoms with van der Waals surface area (Å²) in [4.78, 5) is 0. The van der Waals surface area contributed by atoms with Gasteiger partial charge < -0.3 is 0 Å². The normalized spacial score (nSPS) is 13.5. The summed E-state index contributed by atoms with van der Waals surface area (Å²) in [6, 6.07) is 162. The van der Waals surface area contributed by atoms with Crippen LogP contribution >= 0.6 is 0 Å². The molecule has 0 amide bonds. The van der Waals surface area contributed by atoms with Gasteiger partial charge in [0, 0.05) is 16.2 Å². The van der Waals surface area contributed by atoms with E-state index in [0.717, 1.165) is 0 Å². The zero-order chi connectivity index (χ0) is 86.1. The second-order valence-electron chi connectivity index (χ2n) is 37.4. The molecule has 3 aliphatic rings. The largest absolute Gasteiger partial charge is 0.0616 e. The Morgan fingerprint density at radius 1 is 0.124 bits per heavy atom. The zero-order valence-electron chi connectivity index (χ0n) is 73.1. The van der Waals surface area contributed by atoms with Gasteiger partial charge in [-0.15, -0.1) is 0 Å². The second-order valence-corrected chi connectivity index (χ2v) is 37.4. The number of hydrogen-bond donors (Lipinski definition) is 0. The highest BCUT2D eigenvalue weighted by Gasteiger charge is 2.41. The van der Waals surface area contributed by atoms with Crippen LogP contribution in [0.15, 0.2) is 437 Å². The quantitative estimate of drug-likeness (QED) is 0.146. The number of fused-ring (bicyclic) bond motifs is 24. The van der Waals surface area contributed by atoms with Crippen LogP contribution in [0.1, 0.15) is 74.9 Å². The molecule has 24 aromatic rings. The van der Waals surface area contributed by atoms with Gasteiger partial charge in [-0.25, -0.2) is 0 Å². The minimum atomic E-state index is -0.101. The molecule has 129 heavy (non-hydrogen) atoms. The molecule has 0 N–H and O–H groups in total. The Kier molecular flexibility index (Phi) is 17.2. The van der Waals surface area contributed by atoms with Gasteiger partial charge in [0.15, 0.2) is 0 Å². The highest BCUT2D eigenvalue weighted by molar-refractivity contribution is 6.27. The summed E-state index contributed by atoms with van der Waals surface area (Å²) < 4.78 is 0. The predicted octanol–water partition coefficient (Wildman–Crippen LogP) is 35.8. The van der Waals surface area contributed by atoms with Crippen molar-refractivity contribution in [3.05, 3.63) is 470 Å². The number of rotatable bonds is 6. The molecule has 0 heterocycles. The first-order valence-electron chi connectivity index (χ1n) is 45.6. The van der Waals surface area contributed by atoms with E-state index in [-0.39, 0.29) is 16.2 Å². The van der Waals surface area contributed by atoms with E-state index in [1.54, 1.807) is 0 Å². The van der Waals surface area contributed by atoms with Crippen molar-refractivity contribution in [1.29, 1.82) is 0 Å². The second kappa shape index (κ2) is 29.2. The van der Waals surface area contributed by atoms with E-state index in [0.29, 0.717) is 0 Å². The lowest BCUT2D eigenvalue weighted by Crippen LogP contribution is -2.15. The Balaban J connectivity index is 0.000000105. The minimum Gasteiger partial charge on any atom is -0.0616 e. The van der Waals surface area contributed by atoms with Gasteiger partial charge in [-0.3, -0.25) is 0 Å². The first-order chi connectivity index (χ1) is 63.3. The van der Waals surface area contributed by atoms with Gasteiger partial charge in [0.2, 0.25) is 0 Å². The summed E-state index contributed by atoms with van der Waals surface area (Å²) in [5.41, 5.74) is 32.0. The van der Waals surface area contributed by atoms with Crippen LogP contribution in [0.25, 0.3) is 229 Å². The maximum atomic E-state index is 2.48.